The van der Waals surface area contributed by atoms with Gasteiger partial charge >= 0.3 is 0 Å². The second-order valence-corrected chi connectivity index (χ2v) is 6.29. The number of benzene rings is 2. The minimum atomic E-state index is -0.902. The quantitative estimate of drug-likeness (QED) is 0.679. The van der Waals surface area contributed by atoms with Gasteiger partial charge in [-0.15, -0.1) is 0 Å². The summed E-state index contributed by atoms with van der Waals surface area (Å²) in [6.07, 6.45) is 1.47. The molecule has 0 spiro atoms. The predicted molar refractivity (Wildman–Crippen MR) is 102 cm³/mol. The number of ether oxygens (including phenoxy) is 1. The first-order valence-corrected chi connectivity index (χ1v) is 8.62. The summed E-state index contributed by atoms with van der Waals surface area (Å²) in [5, 5.41) is 3.08. The first-order valence-electron chi connectivity index (χ1n) is 8.24. The van der Waals surface area contributed by atoms with Crippen molar-refractivity contribution in [3.63, 3.8) is 0 Å². The molecule has 0 fully saturated rings. The van der Waals surface area contributed by atoms with Gasteiger partial charge in [-0.3, -0.25) is 9.59 Å². The van der Waals surface area contributed by atoms with Gasteiger partial charge in [-0.25, -0.2) is 8.78 Å². The van der Waals surface area contributed by atoms with Gasteiger partial charge in [0.1, 0.15) is 5.82 Å². The van der Waals surface area contributed by atoms with E-state index < -0.39 is 24.1 Å². The molecule has 0 bridgehead atoms. The number of carbonyl (C=O) groups is 1. The third-order valence-electron chi connectivity index (χ3n) is 3.82. The average molecular weight is 405 g/mol. The number of hydrogen-bond acceptors (Lipinski definition) is 3. The Kier molecular flexibility index (Phi) is 6.06. The van der Waals surface area contributed by atoms with E-state index in [1.165, 1.54) is 22.9 Å². The summed E-state index contributed by atoms with van der Waals surface area (Å²) >= 11 is 6.12. The van der Waals surface area contributed by atoms with Crippen molar-refractivity contribution in [1.29, 1.82) is 0 Å². The maximum absolute atomic E-state index is 13.5. The molecular weight excluding hydrogens is 390 g/mol. The third kappa shape index (κ3) is 4.95. The van der Waals surface area contributed by atoms with E-state index in [1.807, 2.05) is 6.07 Å². The van der Waals surface area contributed by atoms with Gasteiger partial charge in [-0.2, -0.15) is 0 Å². The van der Waals surface area contributed by atoms with E-state index >= 15 is 0 Å². The van der Waals surface area contributed by atoms with Crippen LogP contribution in [0.15, 0.2) is 65.6 Å². The van der Waals surface area contributed by atoms with Crippen LogP contribution in [-0.4, -0.2) is 17.1 Å². The summed E-state index contributed by atoms with van der Waals surface area (Å²) in [4.78, 5) is 24.1. The number of pyridine rings is 1. The van der Waals surface area contributed by atoms with Gasteiger partial charge in [-0.1, -0.05) is 29.8 Å². The van der Waals surface area contributed by atoms with E-state index in [0.29, 0.717) is 16.8 Å². The predicted octanol–water partition coefficient (Wildman–Crippen LogP) is 3.85. The van der Waals surface area contributed by atoms with Crippen LogP contribution >= 0.6 is 11.6 Å². The molecule has 1 N–H and O–H groups in total. The van der Waals surface area contributed by atoms with Crippen LogP contribution in [0.1, 0.15) is 5.56 Å². The highest BCUT2D eigenvalue weighted by molar-refractivity contribution is 6.31. The van der Waals surface area contributed by atoms with E-state index in [9.17, 15) is 18.4 Å². The number of anilines is 1. The first-order chi connectivity index (χ1) is 13.4. The molecule has 5 nitrogen and oxygen atoms in total. The highest BCUT2D eigenvalue weighted by Crippen LogP contribution is 2.18. The van der Waals surface area contributed by atoms with Gasteiger partial charge in [0.15, 0.2) is 18.2 Å². The molecule has 0 saturated carbocycles. The Morgan fingerprint density at radius 1 is 1.11 bits per heavy atom. The van der Waals surface area contributed by atoms with Crippen molar-refractivity contribution < 1.29 is 18.3 Å². The largest absolute Gasteiger partial charge is 0.481 e. The topological polar surface area (TPSA) is 60.3 Å². The molecule has 28 heavy (non-hydrogen) atoms. The van der Waals surface area contributed by atoms with E-state index in [1.54, 1.807) is 18.2 Å². The molecule has 3 aromatic rings. The second kappa shape index (κ2) is 8.67. The third-order valence-corrected chi connectivity index (χ3v) is 4.19. The van der Waals surface area contributed by atoms with Crippen molar-refractivity contribution in [3.05, 3.63) is 93.4 Å². The normalized spacial score (nSPS) is 10.5. The number of halogens is 3. The lowest BCUT2D eigenvalue weighted by molar-refractivity contribution is -0.118. The molecule has 0 radical (unpaired) electrons. The van der Waals surface area contributed by atoms with Gasteiger partial charge in [0, 0.05) is 23.4 Å². The molecular formula is C20H15ClF2N2O3. The second-order valence-electron chi connectivity index (χ2n) is 5.89. The van der Waals surface area contributed by atoms with Crippen LogP contribution in [-0.2, 0) is 11.3 Å². The Morgan fingerprint density at radius 2 is 1.89 bits per heavy atom. The number of nitrogens with zero attached hydrogens (tertiary/aromatic N) is 1. The molecule has 8 heteroatoms. The van der Waals surface area contributed by atoms with Crippen LogP contribution in [0.5, 0.6) is 5.75 Å². The lowest BCUT2D eigenvalue weighted by Crippen LogP contribution is -2.24. The van der Waals surface area contributed by atoms with Crippen molar-refractivity contribution in [3.8, 4) is 5.75 Å². The number of hydrogen-bond donors (Lipinski definition) is 1. The Bertz CT molecular complexity index is 1070. The minimum absolute atomic E-state index is 0.236. The van der Waals surface area contributed by atoms with Crippen molar-refractivity contribution in [1.82, 2.24) is 4.57 Å². The fraction of sp³-hybridized carbons (Fsp3) is 0.100. The van der Waals surface area contributed by atoms with Gasteiger partial charge < -0.3 is 14.6 Å². The lowest BCUT2D eigenvalue weighted by atomic mass is 10.2. The molecule has 0 saturated heterocycles. The van der Waals surface area contributed by atoms with Gasteiger partial charge in [0.05, 0.1) is 12.2 Å². The molecule has 0 atom stereocenters. The Morgan fingerprint density at radius 3 is 2.64 bits per heavy atom. The zero-order valence-corrected chi connectivity index (χ0v) is 15.2. The highest BCUT2D eigenvalue weighted by Gasteiger charge is 2.10. The molecule has 3 rings (SSSR count). The molecule has 0 aliphatic rings. The first kappa shape index (κ1) is 19.6. The Balaban J connectivity index is 1.66. The summed E-state index contributed by atoms with van der Waals surface area (Å²) in [7, 11) is 0. The van der Waals surface area contributed by atoms with Crippen LogP contribution in [0.2, 0.25) is 5.02 Å². The molecule has 1 amide bonds. The summed E-state index contributed by atoms with van der Waals surface area (Å²) in [5.41, 5.74) is 0.854. The van der Waals surface area contributed by atoms with E-state index in [4.69, 9.17) is 16.3 Å². The summed E-state index contributed by atoms with van der Waals surface area (Å²) in [6.45, 7) is -0.244. The number of nitrogens with one attached hydrogen (secondary N) is 1. The molecule has 0 aliphatic heterocycles. The monoisotopic (exact) mass is 404 g/mol. The van der Waals surface area contributed by atoms with E-state index in [0.717, 1.165) is 17.7 Å². The number of amides is 1. The fourth-order valence-corrected chi connectivity index (χ4v) is 2.67. The van der Waals surface area contributed by atoms with Gasteiger partial charge in [0.2, 0.25) is 0 Å². The number of carbonyl (C=O) groups excluding carboxylic acids is 1. The van der Waals surface area contributed by atoms with Crippen LogP contribution in [0.25, 0.3) is 0 Å². The molecule has 144 valence electrons. The SMILES string of the molecule is O=C(COc1ccc(F)cc1F)Nc1ccc(=O)n(Cc2ccccc2Cl)c1. The smallest absolute Gasteiger partial charge is 0.262 e. The Hall–Kier alpha value is -3.19. The summed E-state index contributed by atoms with van der Waals surface area (Å²) in [5.74, 6) is -2.44. The molecule has 0 aliphatic carbocycles. The minimum Gasteiger partial charge on any atom is -0.481 e. The van der Waals surface area contributed by atoms with Crippen LogP contribution in [0, 0.1) is 11.6 Å². The highest BCUT2D eigenvalue weighted by atomic mass is 35.5. The summed E-state index contributed by atoms with van der Waals surface area (Å²) in [6, 6.07) is 12.7. The standard InChI is InChI=1S/C20H15ClF2N2O3/c21-16-4-2-1-3-13(16)10-25-11-15(6-8-20(25)27)24-19(26)12-28-18-7-5-14(22)9-17(18)23/h1-9,11H,10,12H2,(H,24,26). The van der Waals surface area contributed by atoms with Gasteiger partial charge in [0.25, 0.3) is 11.5 Å². The lowest BCUT2D eigenvalue weighted by Gasteiger charge is -2.11. The maximum Gasteiger partial charge on any atom is 0.262 e. The van der Waals surface area contributed by atoms with Crippen molar-refractivity contribution in [2.24, 2.45) is 0 Å². The van der Waals surface area contributed by atoms with Gasteiger partial charge in [-0.05, 0) is 29.8 Å². The van der Waals surface area contributed by atoms with E-state index in [2.05, 4.69) is 5.32 Å². The zero-order valence-electron chi connectivity index (χ0n) is 14.5. The van der Waals surface area contributed by atoms with Crippen LogP contribution in [0.3, 0.4) is 0 Å². The van der Waals surface area contributed by atoms with Crippen molar-refractivity contribution >= 4 is 23.2 Å². The number of rotatable bonds is 6. The van der Waals surface area contributed by atoms with Crippen molar-refractivity contribution in [2.75, 3.05) is 11.9 Å². The maximum atomic E-state index is 13.5. The van der Waals surface area contributed by atoms with Crippen molar-refractivity contribution in [2.45, 2.75) is 6.54 Å². The van der Waals surface area contributed by atoms with E-state index in [-0.39, 0.29) is 17.9 Å². The van der Waals surface area contributed by atoms with Crippen LogP contribution < -0.4 is 15.6 Å². The Labute approximate surface area is 164 Å². The zero-order chi connectivity index (χ0) is 20.1. The molecule has 2 aromatic carbocycles. The molecule has 0 unspecified atom stereocenters. The average Bonchev–Trinajstić information content (AvgIpc) is 2.65. The number of aromatic nitrogens is 1. The summed E-state index contributed by atoms with van der Waals surface area (Å²) < 4.78 is 32.8. The molecule has 1 aromatic heterocycles. The van der Waals surface area contributed by atoms with Crippen LogP contribution in [0.4, 0.5) is 14.5 Å². The fourth-order valence-electron chi connectivity index (χ4n) is 2.47. The molecule has 1 heterocycles.